The van der Waals surface area contributed by atoms with Gasteiger partial charge < -0.3 is 9.16 Å². The van der Waals surface area contributed by atoms with Crippen LogP contribution >= 0.6 is 0 Å². The van der Waals surface area contributed by atoms with Gasteiger partial charge in [0, 0.05) is 13.5 Å². The van der Waals surface area contributed by atoms with Gasteiger partial charge in [0.05, 0.1) is 0 Å². The minimum absolute atomic E-state index is 0.203. The first-order valence-corrected chi connectivity index (χ1v) is 11.8. The van der Waals surface area contributed by atoms with Gasteiger partial charge >= 0.3 is 0 Å². The Morgan fingerprint density at radius 3 is 2.00 bits per heavy atom. The third-order valence-corrected chi connectivity index (χ3v) is 4.94. The summed E-state index contributed by atoms with van der Waals surface area (Å²) < 4.78 is 12.8. The summed E-state index contributed by atoms with van der Waals surface area (Å²) in [6.07, 6.45) is 2.42. The van der Waals surface area contributed by atoms with Crippen LogP contribution in [-0.2, 0) is 14.8 Å². The zero-order valence-electron chi connectivity index (χ0n) is 15.2. The molecular formula is C21H28O2Si. The standard InChI is InChI=1S/C21H28O2Si/c1-6-17-21(23-24(3,4)5,19-15-11-8-12-16-19)20(22-2)18-13-9-7-10-14-18/h6-16,20H,1,17H2,2-5H3/t20-,21+/m1/s1. The second-order valence-electron chi connectivity index (χ2n) is 6.99. The minimum Gasteiger partial charge on any atom is -0.405 e. The molecule has 2 atom stereocenters. The molecule has 128 valence electrons. The predicted molar refractivity (Wildman–Crippen MR) is 104 cm³/mol. The smallest absolute Gasteiger partial charge is 0.185 e. The van der Waals surface area contributed by atoms with E-state index < -0.39 is 13.9 Å². The van der Waals surface area contributed by atoms with Crippen LogP contribution in [0.4, 0.5) is 0 Å². The molecule has 3 heteroatoms. The second kappa shape index (κ2) is 7.93. The van der Waals surface area contributed by atoms with Gasteiger partial charge in [0.15, 0.2) is 8.32 Å². The molecule has 0 N–H and O–H groups in total. The van der Waals surface area contributed by atoms with Gasteiger partial charge in [0.2, 0.25) is 0 Å². The van der Waals surface area contributed by atoms with Crippen molar-refractivity contribution in [1.29, 1.82) is 0 Å². The molecule has 2 nitrogen and oxygen atoms in total. The quantitative estimate of drug-likeness (QED) is 0.453. The van der Waals surface area contributed by atoms with Crippen LogP contribution in [0.1, 0.15) is 23.7 Å². The molecule has 0 aliphatic heterocycles. The lowest BCUT2D eigenvalue weighted by Gasteiger charge is -2.44. The lowest BCUT2D eigenvalue weighted by molar-refractivity contribution is -0.0873. The van der Waals surface area contributed by atoms with Gasteiger partial charge in [-0.2, -0.15) is 0 Å². The summed E-state index contributed by atoms with van der Waals surface area (Å²) in [6, 6.07) is 20.7. The lowest BCUT2D eigenvalue weighted by Crippen LogP contribution is -2.45. The molecule has 0 unspecified atom stereocenters. The van der Waals surface area contributed by atoms with Crippen LogP contribution in [0.2, 0.25) is 19.6 Å². The Morgan fingerprint density at radius 2 is 1.54 bits per heavy atom. The Kier molecular flexibility index (Phi) is 6.16. The molecule has 2 aromatic carbocycles. The topological polar surface area (TPSA) is 18.5 Å². The average molecular weight is 341 g/mol. The van der Waals surface area contributed by atoms with Gasteiger partial charge in [-0.25, -0.2) is 0 Å². The first-order chi connectivity index (χ1) is 11.4. The molecule has 2 rings (SSSR count). The van der Waals surface area contributed by atoms with E-state index >= 15 is 0 Å². The van der Waals surface area contributed by atoms with Crippen LogP contribution in [-0.4, -0.2) is 15.4 Å². The number of hydrogen-bond acceptors (Lipinski definition) is 2. The summed E-state index contributed by atoms with van der Waals surface area (Å²) in [7, 11) is -0.0964. The molecule has 0 aromatic heterocycles. The minimum atomic E-state index is -1.85. The maximum Gasteiger partial charge on any atom is 0.185 e. The van der Waals surface area contributed by atoms with Crippen molar-refractivity contribution in [2.45, 2.75) is 37.8 Å². The molecule has 0 fully saturated rings. The van der Waals surface area contributed by atoms with E-state index in [0.717, 1.165) is 11.1 Å². The summed E-state index contributed by atoms with van der Waals surface area (Å²) in [5, 5.41) is 0. The van der Waals surface area contributed by atoms with Crippen LogP contribution in [0.25, 0.3) is 0 Å². The molecule has 0 radical (unpaired) electrons. The molecule has 0 amide bonds. The van der Waals surface area contributed by atoms with Crippen molar-refractivity contribution in [3.05, 3.63) is 84.4 Å². The van der Waals surface area contributed by atoms with Crippen LogP contribution < -0.4 is 0 Å². The van der Waals surface area contributed by atoms with Crippen molar-refractivity contribution in [3.63, 3.8) is 0 Å². The molecule has 0 saturated carbocycles. The molecule has 0 bridgehead atoms. The highest BCUT2D eigenvalue weighted by atomic mass is 28.4. The Morgan fingerprint density at radius 1 is 1.00 bits per heavy atom. The molecular weight excluding hydrogens is 312 g/mol. The van der Waals surface area contributed by atoms with Crippen LogP contribution in [0, 0.1) is 0 Å². The van der Waals surface area contributed by atoms with Gasteiger partial charge in [-0.1, -0.05) is 66.7 Å². The van der Waals surface area contributed by atoms with Crippen LogP contribution in [0.5, 0.6) is 0 Å². The second-order valence-corrected chi connectivity index (χ2v) is 11.4. The van der Waals surface area contributed by atoms with Crippen LogP contribution in [0.3, 0.4) is 0 Å². The highest BCUT2D eigenvalue weighted by molar-refractivity contribution is 6.69. The van der Waals surface area contributed by atoms with Crippen molar-refractivity contribution in [2.24, 2.45) is 0 Å². The average Bonchev–Trinajstić information content (AvgIpc) is 2.56. The van der Waals surface area contributed by atoms with E-state index in [2.05, 4.69) is 62.6 Å². The van der Waals surface area contributed by atoms with Crippen molar-refractivity contribution >= 4 is 8.32 Å². The lowest BCUT2D eigenvalue weighted by atomic mass is 9.82. The van der Waals surface area contributed by atoms with Gasteiger partial charge in [-0.15, -0.1) is 6.58 Å². The van der Waals surface area contributed by atoms with Crippen molar-refractivity contribution < 1.29 is 9.16 Å². The monoisotopic (exact) mass is 340 g/mol. The van der Waals surface area contributed by atoms with Crippen molar-refractivity contribution in [3.8, 4) is 0 Å². The number of methoxy groups -OCH3 is 1. The fourth-order valence-corrected chi connectivity index (χ4v) is 4.64. The Bertz CT molecular complexity index is 634. The van der Waals surface area contributed by atoms with E-state index in [1.54, 1.807) is 7.11 Å². The van der Waals surface area contributed by atoms with Crippen LogP contribution in [0.15, 0.2) is 73.3 Å². The molecule has 2 aromatic rings. The molecule has 0 heterocycles. The summed E-state index contributed by atoms with van der Waals surface area (Å²) in [6.45, 7) is 10.6. The summed E-state index contributed by atoms with van der Waals surface area (Å²) in [5.74, 6) is 0. The van der Waals surface area contributed by atoms with E-state index in [9.17, 15) is 0 Å². The highest BCUT2D eigenvalue weighted by Crippen LogP contribution is 2.45. The summed E-state index contributed by atoms with van der Waals surface area (Å²) in [4.78, 5) is 0. The number of hydrogen-bond donors (Lipinski definition) is 0. The van der Waals surface area contributed by atoms with Gasteiger partial charge in [0.25, 0.3) is 0 Å². The van der Waals surface area contributed by atoms with E-state index in [-0.39, 0.29) is 6.10 Å². The zero-order valence-corrected chi connectivity index (χ0v) is 16.2. The Labute approximate surface area is 147 Å². The highest BCUT2D eigenvalue weighted by Gasteiger charge is 2.44. The van der Waals surface area contributed by atoms with Crippen molar-refractivity contribution in [1.82, 2.24) is 0 Å². The normalized spacial score (nSPS) is 15.5. The van der Waals surface area contributed by atoms with E-state index in [0.29, 0.717) is 6.42 Å². The third-order valence-electron chi connectivity index (χ3n) is 3.96. The van der Waals surface area contributed by atoms with Gasteiger partial charge in [-0.3, -0.25) is 0 Å². The molecule has 0 saturated heterocycles. The number of benzene rings is 2. The first-order valence-electron chi connectivity index (χ1n) is 8.37. The summed E-state index contributed by atoms with van der Waals surface area (Å²) >= 11 is 0. The molecule has 24 heavy (non-hydrogen) atoms. The predicted octanol–water partition coefficient (Wildman–Crippen LogP) is 5.70. The van der Waals surface area contributed by atoms with E-state index in [4.69, 9.17) is 9.16 Å². The number of ether oxygens (including phenoxy) is 1. The summed E-state index contributed by atoms with van der Waals surface area (Å²) in [5.41, 5.74) is 1.66. The maximum atomic E-state index is 6.80. The molecule has 0 aliphatic rings. The Balaban J connectivity index is 2.65. The molecule has 0 spiro atoms. The zero-order chi connectivity index (χ0) is 17.6. The fourth-order valence-electron chi connectivity index (χ4n) is 3.23. The molecule has 0 aliphatic carbocycles. The largest absolute Gasteiger partial charge is 0.405 e. The first kappa shape index (κ1) is 18.7. The Hall–Kier alpha value is -1.68. The fraction of sp³-hybridized carbons (Fsp3) is 0.333. The van der Waals surface area contributed by atoms with Crippen molar-refractivity contribution in [2.75, 3.05) is 7.11 Å². The van der Waals surface area contributed by atoms with E-state index in [1.165, 1.54) is 0 Å². The number of rotatable bonds is 8. The third kappa shape index (κ3) is 4.23. The SMILES string of the molecule is C=CC[C@](O[Si](C)(C)C)(c1ccccc1)[C@H](OC)c1ccccc1. The van der Waals surface area contributed by atoms with E-state index in [1.807, 2.05) is 30.3 Å². The van der Waals surface area contributed by atoms with Gasteiger partial charge in [0.1, 0.15) is 11.7 Å². The van der Waals surface area contributed by atoms with Gasteiger partial charge in [-0.05, 0) is 30.8 Å². The maximum absolute atomic E-state index is 6.80.